The van der Waals surface area contributed by atoms with Crippen molar-refractivity contribution in [1.29, 1.82) is 0 Å². The smallest absolute Gasteiger partial charge is 0.239 e. The van der Waals surface area contributed by atoms with Gasteiger partial charge in [0.1, 0.15) is 5.75 Å². The third-order valence-corrected chi connectivity index (χ3v) is 2.42. The Morgan fingerprint density at radius 3 is 2.39 bits per heavy atom. The molecule has 0 aliphatic carbocycles. The third kappa shape index (κ3) is 4.94. The first-order chi connectivity index (χ1) is 8.04. The largest absolute Gasteiger partial charge is 0.494 e. The number of nitrogens with zero attached hydrogens (tertiary/aromatic N) is 1. The molecule has 0 saturated carbocycles. The van der Waals surface area contributed by atoms with Crippen LogP contribution in [0.15, 0.2) is 24.3 Å². The van der Waals surface area contributed by atoms with Crippen molar-refractivity contribution in [3.05, 3.63) is 29.8 Å². The van der Waals surface area contributed by atoms with Gasteiger partial charge in [-0.05, 0) is 31.5 Å². The number of carbonyl (C=O) groups is 1. The van der Waals surface area contributed by atoms with Crippen LogP contribution in [0.4, 0.5) is 0 Å². The van der Waals surface area contributed by atoms with E-state index in [0.29, 0.717) is 13.2 Å². The zero-order valence-electron chi connectivity index (χ0n) is 11.1. The maximum absolute atomic E-state index is 11.6. The third-order valence-electron chi connectivity index (χ3n) is 2.42. The first kappa shape index (κ1) is 16.7. The van der Waals surface area contributed by atoms with E-state index in [-0.39, 0.29) is 18.3 Å². The summed E-state index contributed by atoms with van der Waals surface area (Å²) in [5, 5.41) is 0. The number of rotatable bonds is 5. The Hall–Kier alpha value is -1.26. The summed E-state index contributed by atoms with van der Waals surface area (Å²) in [6, 6.07) is 7.26. The van der Waals surface area contributed by atoms with Gasteiger partial charge in [0.15, 0.2) is 0 Å². The Morgan fingerprint density at radius 2 is 1.94 bits per heavy atom. The number of nitrogens with two attached hydrogens (primary N) is 1. The number of ether oxygens (including phenoxy) is 1. The Bertz CT molecular complexity index is 366. The Labute approximate surface area is 115 Å². The van der Waals surface area contributed by atoms with Crippen molar-refractivity contribution in [1.82, 2.24) is 4.90 Å². The molecule has 0 aliphatic rings. The highest BCUT2D eigenvalue weighted by atomic mass is 35.5. The minimum Gasteiger partial charge on any atom is -0.494 e. The van der Waals surface area contributed by atoms with Crippen molar-refractivity contribution in [2.45, 2.75) is 26.4 Å². The second-order valence-corrected chi connectivity index (χ2v) is 4.06. The molecule has 0 heterocycles. The van der Waals surface area contributed by atoms with Gasteiger partial charge in [0.2, 0.25) is 5.91 Å². The molecule has 1 aromatic rings. The number of halogens is 1. The molecule has 2 N–H and O–H groups in total. The number of amides is 1. The predicted octanol–water partition coefficient (Wildman–Crippen LogP) is 1.81. The van der Waals surface area contributed by atoms with Gasteiger partial charge in [-0.25, -0.2) is 0 Å². The van der Waals surface area contributed by atoms with Crippen LogP contribution in [0.2, 0.25) is 0 Å². The van der Waals surface area contributed by atoms with Gasteiger partial charge in [-0.2, -0.15) is 0 Å². The molecule has 1 amide bonds. The number of hydrogen-bond donors (Lipinski definition) is 1. The topological polar surface area (TPSA) is 55.6 Å². The van der Waals surface area contributed by atoms with E-state index >= 15 is 0 Å². The van der Waals surface area contributed by atoms with E-state index in [1.165, 1.54) is 0 Å². The lowest BCUT2D eigenvalue weighted by atomic mass is 10.2. The van der Waals surface area contributed by atoms with E-state index in [2.05, 4.69) is 0 Å². The molecule has 0 fully saturated rings. The molecule has 0 radical (unpaired) electrons. The van der Waals surface area contributed by atoms with Gasteiger partial charge in [0.05, 0.1) is 12.6 Å². The minimum absolute atomic E-state index is 0. The van der Waals surface area contributed by atoms with Crippen molar-refractivity contribution in [3.63, 3.8) is 0 Å². The van der Waals surface area contributed by atoms with Crippen LogP contribution < -0.4 is 10.5 Å². The quantitative estimate of drug-likeness (QED) is 0.889. The van der Waals surface area contributed by atoms with E-state index < -0.39 is 6.04 Å². The van der Waals surface area contributed by atoms with Crippen LogP contribution in [0.25, 0.3) is 0 Å². The van der Waals surface area contributed by atoms with Gasteiger partial charge in [0, 0.05) is 13.6 Å². The first-order valence-electron chi connectivity index (χ1n) is 5.77. The molecule has 0 bridgehead atoms. The van der Waals surface area contributed by atoms with Crippen LogP contribution in [-0.4, -0.2) is 30.5 Å². The first-order valence-corrected chi connectivity index (χ1v) is 5.77. The molecule has 1 atom stereocenters. The van der Waals surface area contributed by atoms with Crippen molar-refractivity contribution >= 4 is 18.3 Å². The van der Waals surface area contributed by atoms with Gasteiger partial charge < -0.3 is 15.4 Å². The SMILES string of the molecule is CCOc1ccc(CN(C)C(=O)[C@H](C)N)cc1.Cl. The van der Waals surface area contributed by atoms with Gasteiger partial charge in [0.25, 0.3) is 0 Å². The summed E-state index contributed by atoms with van der Waals surface area (Å²) in [6.45, 7) is 4.86. The summed E-state index contributed by atoms with van der Waals surface area (Å²) in [5.41, 5.74) is 6.60. The zero-order valence-corrected chi connectivity index (χ0v) is 11.9. The second kappa shape index (κ2) is 7.95. The van der Waals surface area contributed by atoms with Crippen molar-refractivity contribution in [2.24, 2.45) is 5.73 Å². The van der Waals surface area contributed by atoms with Crippen molar-refractivity contribution < 1.29 is 9.53 Å². The zero-order chi connectivity index (χ0) is 12.8. The van der Waals surface area contributed by atoms with Crippen LogP contribution in [0.3, 0.4) is 0 Å². The van der Waals surface area contributed by atoms with Crippen LogP contribution in [0, 0.1) is 0 Å². The maximum Gasteiger partial charge on any atom is 0.239 e. The highest BCUT2D eigenvalue weighted by molar-refractivity contribution is 5.85. The van der Waals surface area contributed by atoms with E-state index in [0.717, 1.165) is 11.3 Å². The van der Waals surface area contributed by atoms with Crippen LogP contribution in [0.1, 0.15) is 19.4 Å². The van der Waals surface area contributed by atoms with E-state index in [1.807, 2.05) is 31.2 Å². The molecular weight excluding hydrogens is 252 g/mol. The highest BCUT2D eigenvalue weighted by Crippen LogP contribution is 2.13. The molecule has 0 unspecified atom stereocenters. The Morgan fingerprint density at radius 1 is 1.39 bits per heavy atom. The molecule has 0 aromatic heterocycles. The number of benzene rings is 1. The van der Waals surface area contributed by atoms with E-state index in [9.17, 15) is 4.79 Å². The molecule has 0 saturated heterocycles. The van der Waals surface area contributed by atoms with Crippen LogP contribution in [0.5, 0.6) is 5.75 Å². The summed E-state index contributed by atoms with van der Waals surface area (Å²) in [5.74, 6) is 0.788. The lowest BCUT2D eigenvalue weighted by Crippen LogP contribution is -2.39. The molecule has 1 aromatic carbocycles. The Balaban J connectivity index is 0.00000289. The summed E-state index contributed by atoms with van der Waals surface area (Å²) in [6.07, 6.45) is 0. The molecular formula is C13H21ClN2O2. The van der Waals surface area contributed by atoms with Gasteiger partial charge in [-0.15, -0.1) is 12.4 Å². The van der Waals surface area contributed by atoms with E-state index in [1.54, 1.807) is 18.9 Å². The monoisotopic (exact) mass is 272 g/mol. The summed E-state index contributed by atoms with van der Waals surface area (Å²) < 4.78 is 5.35. The van der Waals surface area contributed by atoms with Crippen LogP contribution >= 0.6 is 12.4 Å². The average Bonchev–Trinajstić information content (AvgIpc) is 2.30. The number of likely N-dealkylation sites (N-methyl/N-ethyl adjacent to an activating group) is 1. The molecule has 18 heavy (non-hydrogen) atoms. The van der Waals surface area contributed by atoms with Gasteiger partial charge >= 0.3 is 0 Å². The molecule has 1 rings (SSSR count). The molecule has 4 nitrogen and oxygen atoms in total. The number of hydrogen-bond acceptors (Lipinski definition) is 3. The highest BCUT2D eigenvalue weighted by Gasteiger charge is 2.13. The van der Waals surface area contributed by atoms with Gasteiger partial charge in [-0.3, -0.25) is 4.79 Å². The fourth-order valence-corrected chi connectivity index (χ4v) is 1.56. The van der Waals surface area contributed by atoms with Crippen molar-refractivity contribution in [2.75, 3.05) is 13.7 Å². The predicted molar refractivity (Wildman–Crippen MR) is 75.0 cm³/mol. The fraction of sp³-hybridized carbons (Fsp3) is 0.462. The maximum atomic E-state index is 11.6. The number of carbonyl (C=O) groups excluding carboxylic acids is 1. The van der Waals surface area contributed by atoms with E-state index in [4.69, 9.17) is 10.5 Å². The molecule has 0 spiro atoms. The summed E-state index contributed by atoms with van der Waals surface area (Å²) in [7, 11) is 1.75. The fourth-order valence-electron chi connectivity index (χ4n) is 1.56. The normalized spacial score (nSPS) is 11.3. The average molecular weight is 273 g/mol. The standard InChI is InChI=1S/C13H20N2O2.ClH/c1-4-17-12-7-5-11(6-8-12)9-15(3)13(16)10(2)14;/h5-8,10H,4,9,14H2,1-3H3;1H/t10-;/m0./s1. The van der Waals surface area contributed by atoms with Crippen molar-refractivity contribution in [3.8, 4) is 5.75 Å². The lowest BCUT2D eigenvalue weighted by molar-refractivity contribution is -0.131. The Kier molecular flexibility index (Phi) is 7.39. The molecule has 5 heteroatoms. The molecule has 102 valence electrons. The lowest BCUT2D eigenvalue weighted by Gasteiger charge is -2.19. The second-order valence-electron chi connectivity index (χ2n) is 4.06. The summed E-state index contributed by atoms with van der Waals surface area (Å²) >= 11 is 0. The van der Waals surface area contributed by atoms with Crippen LogP contribution in [-0.2, 0) is 11.3 Å². The minimum atomic E-state index is -0.456. The van der Waals surface area contributed by atoms with Gasteiger partial charge in [-0.1, -0.05) is 12.1 Å². The molecule has 0 aliphatic heterocycles. The summed E-state index contributed by atoms with van der Waals surface area (Å²) in [4.78, 5) is 13.2.